The molecule has 1 aliphatic carbocycles. The standard InChI is InChI=1S/C24H32O10/c1-2-30-17(26)8-7-13-11-14-9-10-31-21(14)23(32-15-5-3-4-6-15)22(13)34-24-20(29)19(28)18(27)16(12-25)33-24/h9-11,15-16,18-20,24-25,27-29H,2-8,12H2,1H3. The van der Waals surface area contributed by atoms with E-state index in [4.69, 9.17) is 23.4 Å². The van der Waals surface area contributed by atoms with Gasteiger partial charge >= 0.3 is 5.97 Å². The number of furan rings is 1. The molecule has 0 bridgehead atoms. The molecular formula is C24H32O10. The largest absolute Gasteiger partial charge is 0.483 e. The van der Waals surface area contributed by atoms with Crippen LogP contribution in [0.2, 0.25) is 0 Å². The molecule has 2 aliphatic rings. The van der Waals surface area contributed by atoms with E-state index >= 15 is 0 Å². The molecule has 10 nitrogen and oxygen atoms in total. The fourth-order valence-corrected chi connectivity index (χ4v) is 4.47. The lowest BCUT2D eigenvalue weighted by molar-refractivity contribution is -0.277. The summed E-state index contributed by atoms with van der Waals surface area (Å²) in [5, 5.41) is 41.1. The second kappa shape index (κ2) is 10.9. The molecule has 34 heavy (non-hydrogen) atoms. The number of carbonyl (C=O) groups is 1. The Morgan fingerprint density at radius 3 is 2.56 bits per heavy atom. The molecule has 2 aromatic rings. The van der Waals surface area contributed by atoms with Gasteiger partial charge in [-0.1, -0.05) is 0 Å². The monoisotopic (exact) mass is 480 g/mol. The molecule has 0 amide bonds. The maximum absolute atomic E-state index is 12.0. The van der Waals surface area contributed by atoms with Gasteiger partial charge in [-0.2, -0.15) is 0 Å². The van der Waals surface area contributed by atoms with Gasteiger partial charge in [0.05, 0.1) is 25.6 Å². The lowest BCUT2D eigenvalue weighted by Crippen LogP contribution is -2.60. The van der Waals surface area contributed by atoms with Crippen molar-refractivity contribution in [2.24, 2.45) is 0 Å². The molecule has 5 unspecified atom stereocenters. The molecule has 10 heteroatoms. The maximum Gasteiger partial charge on any atom is 0.306 e. The first-order valence-electron chi connectivity index (χ1n) is 11.8. The van der Waals surface area contributed by atoms with Crippen molar-refractivity contribution >= 4 is 16.9 Å². The van der Waals surface area contributed by atoms with Gasteiger partial charge in [0, 0.05) is 11.8 Å². The minimum Gasteiger partial charge on any atom is -0.483 e. The average molecular weight is 481 g/mol. The quantitative estimate of drug-likeness (QED) is 0.388. The normalized spacial score (nSPS) is 27.7. The third-order valence-corrected chi connectivity index (χ3v) is 6.30. The number of rotatable bonds is 9. The van der Waals surface area contributed by atoms with Crippen molar-refractivity contribution in [3.8, 4) is 11.5 Å². The van der Waals surface area contributed by atoms with E-state index in [1.54, 1.807) is 19.1 Å². The first-order valence-corrected chi connectivity index (χ1v) is 11.8. The molecule has 1 aliphatic heterocycles. The van der Waals surface area contributed by atoms with Crippen molar-refractivity contribution in [2.45, 2.75) is 82.3 Å². The molecule has 0 spiro atoms. The van der Waals surface area contributed by atoms with Gasteiger partial charge in [-0.3, -0.25) is 4.79 Å². The van der Waals surface area contributed by atoms with Gasteiger partial charge in [0.2, 0.25) is 12.0 Å². The van der Waals surface area contributed by atoms with E-state index in [0.29, 0.717) is 16.9 Å². The molecule has 2 fully saturated rings. The number of aryl methyl sites for hydroxylation is 1. The number of ether oxygens (including phenoxy) is 4. The molecule has 4 rings (SSSR count). The van der Waals surface area contributed by atoms with Crippen molar-refractivity contribution in [3.63, 3.8) is 0 Å². The second-order valence-electron chi connectivity index (χ2n) is 8.68. The number of hydrogen-bond donors (Lipinski definition) is 4. The number of hydrogen-bond acceptors (Lipinski definition) is 10. The summed E-state index contributed by atoms with van der Waals surface area (Å²) in [5.74, 6) is 0.167. The molecule has 1 saturated heterocycles. The number of aliphatic hydroxyl groups excluding tert-OH is 4. The first kappa shape index (κ1) is 24.7. The lowest BCUT2D eigenvalue weighted by atomic mass is 9.99. The van der Waals surface area contributed by atoms with Crippen molar-refractivity contribution < 1.29 is 48.6 Å². The van der Waals surface area contributed by atoms with Gasteiger partial charge in [-0.05, 0) is 56.7 Å². The third kappa shape index (κ3) is 5.16. The number of carbonyl (C=O) groups excluding carboxylic acids is 1. The number of benzene rings is 1. The highest BCUT2D eigenvalue weighted by Crippen LogP contribution is 2.43. The zero-order valence-electron chi connectivity index (χ0n) is 19.1. The van der Waals surface area contributed by atoms with Crippen molar-refractivity contribution in [1.29, 1.82) is 0 Å². The van der Waals surface area contributed by atoms with E-state index in [1.165, 1.54) is 6.26 Å². The summed E-state index contributed by atoms with van der Waals surface area (Å²) in [4.78, 5) is 12.0. The van der Waals surface area contributed by atoms with Crippen LogP contribution in [0.25, 0.3) is 11.0 Å². The van der Waals surface area contributed by atoms with E-state index in [1.807, 2.05) is 0 Å². The summed E-state index contributed by atoms with van der Waals surface area (Å²) in [6, 6.07) is 3.58. The van der Waals surface area contributed by atoms with Crippen LogP contribution >= 0.6 is 0 Å². The van der Waals surface area contributed by atoms with Crippen LogP contribution in [0.5, 0.6) is 11.5 Å². The Labute approximate surface area is 197 Å². The molecule has 1 saturated carbocycles. The minimum atomic E-state index is -1.60. The Hall–Kier alpha value is -2.37. The van der Waals surface area contributed by atoms with Crippen molar-refractivity contribution in [3.05, 3.63) is 24.0 Å². The fraction of sp³-hybridized carbons (Fsp3) is 0.625. The Kier molecular flexibility index (Phi) is 7.95. The first-order chi connectivity index (χ1) is 16.4. The Morgan fingerprint density at radius 2 is 1.85 bits per heavy atom. The summed E-state index contributed by atoms with van der Waals surface area (Å²) in [7, 11) is 0. The van der Waals surface area contributed by atoms with E-state index in [2.05, 4.69) is 0 Å². The lowest BCUT2D eigenvalue weighted by Gasteiger charge is -2.40. The van der Waals surface area contributed by atoms with Crippen LogP contribution in [0.1, 0.15) is 44.6 Å². The van der Waals surface area contributed by atoms with Crippen LogP contribution in [-0.2, 0) is 20.7 Å². The van der Waals surface area contributed by atoms with Gasteiger partial charge in [0.25, 0.3) is 0 Å². The summed E-state index contributed by atoms with van der Waals surface area (Å²) >= 11 is 0. The van der Waals surface area contributed by atoms with Crippen molar-refractivity contribution in [1.82, 2.24) is 0 Å². The molecule has 5 atom stereocenters. The van der Waals surface area contributed by atoms with Gasteiger partial charge < -0.3 is 43.8 Å². The van der Waals surface area contributed by atoms with E-state index in [9.17, 15) is 25.2 Å². The van der Waals surface area contributed by atoms with Crippen LogP contribution in [-0.4, -0.2) is 76.4 Å². The topological polar surface area (TPSA) is 148 Å². The molecular weight excluding hydrogens is 448 g/mol. The number of fused-ring (bicyclic) bond motifs is 1. The predicted molar refractivity (Wildman–Crippen MR) is 118 cm³/mol. The summed E-state index contributed by atoms with van der Waals surface area (Å²) in [6.45, 7) is 1.42. The van der Waals surface area contributed by atoms with Crippen LogP contribution in [0.4, 0.5) is 0 Å². The Morgan fingerprint density at radius 1 is 1.09 bits per heavy atom. The van der Waals surface area contributed by atoms with Gasteiger partial charge in [-0.25, -0.2) is 0 Å². The highest BCUT2D eigenvalue weighted by molar-refractivity contribution is 5.87. The van der Waals surface area contributed by atoms with Gasteiger partial charge in [-0.15, -0.1) is 0 Å². The second-order valence-corrected chi connectivity index (χ2v) is 8.68. The van der Waals surface area contributed by atoms with Gasteiger partial charge in [0.1, 0.15) is 24.4 Å². The zero-order valence-corrected chi connectivity index (χ0v) is 19.1. The highest BCUT2D eigenvalue weighted by atomic mass is 16.7. The van der Waals surface area contributed by atoms with Crippen LogP contribution < -0.4 is 9.47 Å². The molecule has 2 heterocycles. The van der Waals surface area contributed by atoms with Crippen LogP contribution in [0.15, 0.2) is 22.8 Å². The highest BCUT2D eigenvalue weighted by Gasteiger charge is 2.45. The SMILES string of the molecule is CCOC(=O)CCc1cc2ccoc2c(OC2CCCC2)c1OC1OC(CO)C(O)C(O)C1O. The van der Waals surface area contributed by atoms with Gasteiger partial charge in [0.15, 0.2) is 11.3 Å². The van der Waals surface area contributed by atoms with E-state index in [-0.39, 0.29) is 37.3 Å². The third-order valence-electron chi connectivity index (χ3n) is 6.30. The minimum absolute atomic E-state index is 0.0502. The molecule has 1 aromatic carbocycles. The number of aliphatic hydroxyl groups is 4. The molecule has 4 N–H and O–H groups in total. The fourth-order valence-electron chi connectivity index (χ4n) is 4.47. The van der Waals surface area contributed by atoms with Crippen molar-refractivity contribution in [2.75, 3.05) is 13.2 Å². The summed E-state index contributed by atoms with van der Waals surface area (Å²) < 4.78 is 28.7. The Bertz CT molecular complexity index is 964. The number of esters is 1. The molecule has 1 aromatic heterocycles. The Balaban J connectivity index is 1.71. The predicted octanol–water partition coefficient (Wildman–Crippen LogP) is 1.43. The maximum atomic E-state index is 12.0. The summed E-state index contributed by atoms with van der Waals surface area (Å²) in [5.41, 5.74) is 1.05. The van der Waals surface area contributed by atoms with E-state index in [0.717, 1.165) is 31.1 Å². The molecule has 0 radical (unpaired) electrons. The van der Waals surface area contributed by atoms with Crippen LogP contribution in [0, 0.1) is 0 Å². The summed E-state index contributed by atoms with van der Waals surface area (Å²) in [6.07, 6.45) is -1.59. The average Bonchev–Trinajstić information content (AvgIpc) is 3.51. The molecule has 188 valence electrons. The van der Waals surface area contributed by atoms with Crippen LogP contribution in [0.3, 0.4) is 0 Å². The smallest absolute Gasteiger partial charge is 0.306 e. The van der Waals surface area contributed by atoms with E-state index < -0.39 is 37.3 Å². The zero-order chi connectivity index (χ0) is 24.2.